The Labute approximate surface area is 89.1 Å². The number of nitrogens with one attached hydrogen (secondary N) is 1. The van der Waals surface area contributed by atoms with Gasteiger partial charge in [0.15, 0.2) is 0 Å². The molecule has 3 N–H and O–H groups in total. The van der Waals surface area contributed by atoms with E-state index in [0.717, 1.165) is 25.2 Å². The third kappa shape index (κ3) is 5.74. The van der Waals surface area contributed by atoms with E-state index in [2.05, 4.69) is 15.3 Å². The molecule has 5 heteroatoms. The normalized spacial score (nSPS) is 10.1. The van der Waals surface area contributed by atoms with Gasteiger partial charge in [-0.15, -0.1) is 0 Å². The maximum absolute atomic E-state index is 10.4. The molecule has 0 aliphatic heterocycles. The van der Waals surface area contributed by atoms with Crippen molar-refractivity contribution in [2.24, 2.45) is 5.73 Å². The third-order valence-corrected chi connectivity index (χ3v) is 1.93. The number of unbranched alkanes of at least 4 members (excludes halogenated alkanes) is 1. The largest absolute Gasteiger partial charge is 0.370 e. The number of hydrogen-bond donors (Lipinski definition) is 2. The van der Waals surface area contributed by atoms with Gasteiger partial charge in [-0.25, -0.2) is 9.97 Å². The van der Waals surface area contributed by atoms with Crippen molar-refractivity contribution in [1.82, 2.24) is 15.3 Å². The first-order chi connectivity index (χ1) is 7.29. The van der Waals surface area contributed by atoms with Crippen molar-refractivity contribution >= 4 is 5.91 Å². The van der Waals surface area contributed by atoms with E-state index in [1.807, 2.05) is 0 Å². The fraction of sp³-hybridized carbons (Fsp3) is 0.500. The first kappa shape index (κ1) is 11.6. The predicted molar refractivity (Wildman–Crippen MR) is 56.8 cm³/mol. The molecule has 0 aliphatic carbocycles. The number of rotatable bonds is 7. The standard InChI is InChI=1S/C10H16N4O/c11-9(15)4-1-2-5-12-8-10-13-6-3-7-14-10/h3,6-7,12H,1-2,4-5,8H2,(H2,11,15). The van der Waals surface area contributed by atoms with Crippen LogP contribution in [0.5, 0.6) is 0 Å². The van der Waals surface area contributed by atoms with Crippen LogP contribution < -0.4 is 11.1 Å². The Balaban J connectivity index is 2.00. The Hall–Kier alpha value is -1.49. The van der Waals surface area contributed by atoms with Crippen LogP contribution in [-0.2, 0) is 11.3 Å². The van der Waals surface area contributed by atoms with Crippen molar-refractivity contribution in [2.75, 3.05) is 6.54 Å². The average molecular weight is 208 g/mol. The van der Waals surface area contributed by atoms with E-state index in [1.54, 1.807) is 18.5 Å². The smallest absolute Gasteiger partial charge is 0.217 e. The summed E-state index contributed by atoms with van der Waals surface area (Å²) in [5, 5.41) is 3.20. The molecular formula is C10H16N4O. The maximum Gasteiger partial charge on any atom is 0.217 e. The fourth-order valence-corrected chi connectivity index (χ4v) is 1.17. The molecular weight excluding hydrogens is 192 g/mol. The lowest BCUT2D eigenvalue weighted by Gasteiger charge is -2.02. The van der Waals surface area contributed by atoms with Gasteiger partial charge in [-0.2, -0.15) is 0 Å². The fourth-order valence-electron chi connectivity index (χ4n) is 1.17. The van der Waals surface area contributed by atoms with Crippen LogP contribution in [0, 0.1) is 0 Å². The second kappa shape index (κ2) is 6.89. The van der Waals surface area contributed by atoms with Crippen molar-refractivity contribution in [3.8, 4) is 0 Å². The molecule has 82 valence electrons. The van der Waals surface area contributed by atoms with Crippen LogP contribution in [0.25, 0.3) is 0 Å². The van der Waals surface area contributed by atoms with Crippen molar-refractivity contribution in [3.63, 3.8) is 0 Å². The number of carbonyl (C=O) groups is 1. The van der Waals surface area contributed by atoms with E-state index in [-0.39, 0.29) is 5.91 Å². The summed E-state index contributed by atoms with van der Waals surface area (Å²) < 4.78 is 0. The molecule has 1 amide bonds. The highest BCUT2D eigenvalue weighted by Gasteiger charge is 1.95. The Morgan fingerprint density at radius 1 is 1.33 bits per heavy atom. The topological polar surface area (TPSA) is 80.9 Å². The number of hydrogen-bond acceptors (Lipinski definition) is 4. The summed E-state index contributed by atoms with van der Waals surface area (Å²) in [6, 6.07) is 1.79. The highest BCUT2D eigenvalue weighted by molar-refractivity contribution is 5.73. The molecule has 1 aromatic rings. The lowest BCUT2D eigenvalue weighted by atomic mass is 10.2. The number of carbonyl (C=O) groups excluding carboxylic acids is 1. The maximum atomic E-state index is 10.4. The van der Waals surface area contributed by atoms with Crippen molar-refractivity contribution in [3.05, 3.63) is 24.3 Å². The van der Waals surface area contributed by atoms with E-state index in [4.69, 9.17) is 5.73 Å². The van der Waals surface area contributed by atoms with Gasteiger partial charge in [0.25, 0.3) is 0 Å². The second-order valence-electron chi connectivity index (χ2n) is 3.27. The number of amides is 1. The van der Waals surface area contributed by atoms with Crippen LogP contribution >= 0.6 is 0 Å². The highest BCUT2D eigenvalue weighted by Crippen LogP contribution is 1.93. The first-order valence-corrected chi connectivity index (χ1v) is 5.04. The lowest BCUT2D eigenvalue weighted by Crippen LogP contribution is -2.17. The molecule has 0 spiro atoms. The van der Waals surface area contributed by atoms with E-state index in [9.17, 15) is 4.79 Å². The van der Waals surface area contributed by atoms with Gasteiger partial charge in [0, 0.05) is 18.8 Å². The molecule has 1 rings (SSSR count). The van der Waals surface area contributed by atoms with Gasteiger partial charge in [-0.05, 0) is 25.5 Å². The Morgan fingerprint density at radius 2 is 2.07 bits per heavy atom. The van der Waals surface area contributed by atoms with Gasteiger partial charge in [0.2, 0.25) is 5.91 Å². The van der Waals surface area contributed by atoms with Crippen LogP contribution in [0.2, 0.25) is 0 Å². The average Bonchev–Trinajstić information content (AvgIpc) is 2.24. The van der Waals surface area contributed by atoms with E-state index in [0.29, 0.717) is 13.0 Å². The van der Waals surface area contributed by atoms with E-state index < -0.39 is 0 Å². The quantitative estimate of drug-likeness (QED) is 0.628. The van der Waals surface area contributed by atoms with Gasteiger partial charge in [-0.3, -0.25) is 4.79 Å². The van der Waals surface area contributed by atoms with E-state index >= 15 is 0 Å². The number of primary amides is 1. The van der Waals surface area contributed by atoms with Gasteiger partial charge in [0.05, 0.1) is 6.54 Å². The molecule has 0 unspecified atom stereocenters. The number of nitrogens with zero attached hydrogens (tertiary/aromatic N) is 2. The number of aromatic nitrogens is 2. The second-order valence-corrected chi connectivity index (χ2v) is 3.27. The zero-order valence-corrected chi connectivity index (χ0v) is 8.65. The van der Waals surface area contributed by atoms with Crippen molar-refractivity contribution in [2.45, 2.75) is 25.8 Å². The lowest BCUT2D eigenvalue weighted by molar-refractivity contribution is -0.118. The Bertz CT molecular complexity index is 289. The molecule has 15 heavy (non-hydrogen) atoms. The molecule has 0 aromatic carbocycles. The molecule has 0 saturated heterocycles. The minimum atomic E-state index is -0.235. The summed E-state index contributed by atoms with van der Waals surface area (Å²) in [5.74, 6) is 0.550. The summed E-state index contributed by atoms with van der Waals surface area (Å²) in [6.07, 6.45) is 5.67. The van der Waals surface area contributed by atoms with Gasteiger partial charge in [0.1, 0.15) is 5.82 Å². The van der Waals surface area contributed by atoms with Crippen LogP contribution in [0.15, 0.2) is 18.5 Å². The predicted octanol–water partition coefficient (Wildman–Crippen LogP) is 0.222. The summed E-state index contributed by atoms with van der Waals surface area (Å²) in [4.78, 5) is 18.6. The summed E-state index contributed by atoms with van der Waals surface area (Å²) >= 11 is 0. The summed E-state index contributed by atoms with van der Waals surface area (Å²) in [6.45, 7) is 1.52. The van der Waals surface area contributed by atoms with Gasteiger partial charge < -0.3 is 11.1 Å². The molecule has 0 atom stereocenters. The first-order valence-electron chi connectivity index (χ1n) is 5.04. The van der Waals surface area contributed by atoms with Crippen molar-refractivity contribution in [1.29, 1.82) is 0 Å². The Morgan fingerprint density at radius 3 is 2.73 bits per heavy atom. The molecule has 5 nitrogen and oxygen atoms in total. The number of nitrogens with two attached hydrogens (primary N) is 1. The van der Waals surface area contributed by atoms with E-state index in [1.165, 1.54) is 0 Å². The highest BCUT2D eigenvalue weighted by atomic mass is 16.1. The molecule has 1 aromatic heterocycles. The summed E-state index contributed by atoms with van der Waals surface area (Å²) in [5.41, 5.74) is 5.02. The SMILES string of the molecule is NC(=O)CCCCNCc1ncccn1. The van der Waals surface area contributed by atoms with Gasteiger partial charge in [-0.1, -0.05) is 0 Å². The van der Waals surface area contributed by atoms with Gasteiger partial charge >= 0.3 is 0 Å². The zero-order valence-electron chi connectivity index (χ0n) is 8.65. The molecule has 1 heterocycles. The molecule has 0 aliphatic rings. The molecule has 0 bridgehead atoms. The minimum absolute atomic E-state index is 0.235. The Kier molecular flexibility index (Phi) is 5.32. The zero-order chi connectivity index (χ0) is 10.9. The van der Waals surface area contributed by atoms with Crippen molar-refractivity contribution < 1.29 is 4.79 Å². The molecule has 0 fully saturated rings. The van der Waals surface area contributed by atoms with Crippen LogP contribution in [0.1, 0.15) is 25.1 Å². The van der Waals surface area contributed by atoms with Crippen LogP contribution in [-0.4, -0.2) is 22.4 Å². The molecule has 0 saturated carbocycles. The minimum Gasteiger partial charge on any atom is -0.370 e. The third-order valence-electron chi connectivity index (χ3n) is 1.93. The monoisotopic (exact) mass is 208 g/mol. The van der Waals surface area contributed by atoms with Crippen LogP contribution in [0.3, 0.4) is 0 Å². The van der Waals surface area contributed by atoms with Crippen LogP contribution in [0.4, 0.5) is 0 Å². The molecule has 0 radical (unpaired) electrons. The summed E-state index contributed by atoms with van der Waals surface area (Å²) in [7, 11) is 0.